The number of carbonyl (C=O) groups is 1. The van der Waals surface area contributed by atoms with Crippen LogP contribution in [0.5, 0.6) is 0 Å². The highest BCUT2D eigenvalue weighted by atomic mass is 19.4. The summed E-state index contributed by atoms with van der Waals surface area (Å²) in [4.78, 5) is 13.8. The summed E-state index contributed by atoms with van der Waals surface area (Å²) in [6, 6.07) is 5.38. The number of rotatable bonds is 2. The Hall–Kier alpha value is -1.82. The zero-order valence-electron chi connectivity index (χ0n) is 12.4. The minimum atomic E-state index is -4.44. The number of nitrogens with zero attached hydrogens (tertiary/aromatic N) is 1. The number of hydrogen-bond acceptors (Lipinski definition) is 2. The number of likely N-dealkylation sites (tertiary alicyclic amines) is 1. The van der Waals surface area contributed by atoms with Gasteiger partial charge < -0.3 is 10.6 Å². The third-order valence-corrected chi connectivity index (χ3v) is 3.85. The summed E-state index contributed by atoms with van der Waals surface area (Å²) in [5.74, 6) is -0.263. The van der Waals surface area contributed by atoms with Crippen molar-refractivity contribution >= 4 is 11.5 Å². The topological polar surface area (TPSA) is 46.3 Å². The van der Waals surface area contributed by atoms with Gasteiger partial charge in [-0.2, -0.15) is 13.2 Å². The van der Waals surface area contributed by atoms with Gasteiger partial charge in [0.15, 0.2) is 0 Å². The molecule has 1 heterocycles. The SMILES string of the molecule is CC(=CC(=O)N1CCC(N)CC1)c1ccccc1C(F)(F)F. The van der Waals surface area contributed by atoms with Crippen LogP contribution < -0.4 is 5.73 Å². The highest BCUT2D eigenvalue weighted by molar-refractivity contribution is 5.95. The highest BCUT2D eigenvalue weighted by Gasteiger charge is 2.33. The van der Waals surface area contributed by atoms with Gasteiger partial charge in [0.1, 0.15) is 0 Å². The second kappa shape index (κ2) is 6.52. The number of alkyl halides is 3. The van der Waals surface area contributed by atoms with Crippen LogP contribution >= 0.6 is 0 Å². The Bertz CT molecular complexity index is 573. The molecule has 0 bridgehead atoms. The van der Waals surface area contributed by atoms with Crippen LogP contribution in [0.4, 0.5) is 13.2 Å². The van der Waals surface area contributed by atoms with Crippen LogP contribution in [0.1, 0.15) is 30.9 Å². The molecule has 6 heteroatoms. The van der Waals surface area contributed by atoms with E-state index in [2.05, 4.69) is 0 Å². The van der Waals surface area contributed by atoms with Gasteiger partial charge in [-0.3, -0.25) is 4.79 Å². The lowest BCUT2D eigenvalue weighted by Gasteiger charge is -2.29. The lowest BCUT2D eigenvalue weighted by Crippen LogP contribution is -2.42. The summed E-state index contributed by atoms with van der Waals surface area (Å²) in [5.41, 5.74) is 5.41. The minimum absolute atomic E-state index is 0.0389. The van der Waals surface area contributed by atoms with Crippen molar-refractivity contribution in [3.63, 3.8) is 0 Å². The lowest BCUT2D eigenvalue weighted by molar-refractivity contribution is -0.137. The van der Waals surface area contributed by atoms with E-state index in [9.17, 15) is 18.0 Å². The summed E-state index contributed by atoms with van der Waals surface area (Å²) in [5, 5.41) is 0. The highest BCUT2D eigenvalue weighted by Crippen LogP contribution is 2.34. The van der Waals surface area contributed by atoms with Crippen molar-refractivity contribution in [2.75, 3.05) is 13.1 Å². The molecular weight excluding hydrogens is 293 g/mol. The van der Waals surface area contributed by atoms with Gasteiger partial charge in [-0.25, -0.2) is 0 Å². The van der Waals surface area contributed by atoms with Gasteiger partial charge in [-0.05, 0) is 37.0 Å². The predicted molar refractivity (Wildman–Crippen MR) is 78.9 cm³/mol. The van der Waals surface area contributed by atoms with Gasteiger partial charge in [0.25, 0.3) is 0 Å². The first-order chi connectivity index (χ1) is 10.3. The molecule has 1 saturated heterocycles. The van der Waals surface area contributed by atoms with Gasteiger partial charge >= 0.3 is 6.18 Å². The largest absolute Gasteiger partial charge is 0.416 e. The fraction of sp³-hybridized carbons (Fsp3) is 0.438. The Kier molecular flexibility index (Phi) is 4.90. The molecule has 22 heavy (non-hydrogen) atoms. The Morgan fingerprint density at radius 1 is 1.27 bits per heavy atom. The summed E-state index contributed by atoms with van der Waals surface area (Å²) >= 11 is 0. The number of amides is 1. The van der Waals surface area contributed by atoms with Crippen LogP contribution in [-0.4, -0.2) is 29.9 Å². The van der Waals surface area contributed by atoms with E-state index in [1.807, 2.05) is 0 Å². The first-order valence-electron chi connectivity index (χ1n) is 7.18. The molecule has 120 valence electrons. The molecule has 0 atom stereocenters. The van der Waals surface area contributed by atoms with Crippen molar-refractivity contribution in [2.24, 2.45) is 5.73 Å². The Morgan fingerprint density at radius 3 is 2.45 bits per heavy atom. The van der Waals surface area contributed by atoms with Crippen LogP contribution in [0.25, 0.3) is 5.57 Å². The molecule has 1 aromatic rings. The van der Waals surface area contributed by atoms with Gasteiger partial charge in [0, 0.05) is 25.2 Å². The molecule has 0 spiro atoms. The zero-order chi connectivity index (χ0) is 16.3. The average molecular weight is 312 g/mol. The van der Waals surface area contributed by atoms with Crippen molar-refractivity contribution < 1.29 is 18.0 Å². The second-order valence-corrected chi connectivity index (χ2v) is 5.53. The summed E-state index contributed by atoms with van der Waals surface area (Å²) in [6.45, 7) is 2.62. The van der Waals surface area contributed by atoms with Crippen molar-refractivity contribution in [3.8, 4) is 0 Å². The average Bonchev–Trinajstić information content (AvgIpc) is 2.47. The first kappa shape index (κ1) is 16.5. The van der Waals surface area contributed by atoms with Crippen molar-refractivity contribution in [1.82, 2.24) is 4.90 Å². The number of halogens is 3. The third-order valence-electron chi connectivity index (χ3n) is 3.85. The monoisotopic (exact) mass is 312 g/mol. The van der Waals surface area contributed by atoms with Crippen LogP contribution in [0.15, 0.2) is 30.3 Å². The lowest BCUT2D eigenvalue weighted by atomic mass is 9.99. The Morgan fingerprint density at radius 2 is 1.86 bits per heavy atom. The molecule has 2 rings (SSSR count). The molecule has 1 aliphatic heterocycles. The third kappa shape index (κ3) is 3.88. The molecule has 0 saturated carbocycles. The van der Waals surface area contributed by atoms with Crippen LogP contribution in [0.3, 0.4) is 0 Å². The Labute approximate surface area is 127 Å². The molecular formula is C16H19F3N2O. The molecule has 1 fully saturated rings. The van der Waals surface area contributed by atoms with E-state index in [0.717, 1.165) is 18.9 Å². The van der Waals surface area contributed by atoms with E-state index >= 15 is 0 Å². The molecule has 1 aliphatic rings. The molecule has 0 aliphatic carbocycles. The number of benzene rings is 1. The smallest absolute Gasteiger partial charge is 0.339 e. The standard InChI is InChI=1S/C16H19F3N2O/c1-11(10-15(22)21-8-6-12(20)7-9-21)13-4-2-3-5-14(13)16(17,18)19/h2-5,10,12H,6-9,20H2,1H3. The van der Waals surface area contributed by atoms with E-state index in [0.29, 0.717) is 18.7 Å². The number of nitrogens with two attached hydrogens (primary N) is 1. The fourth-order valence-electron chi connectivity index (χ4n) is 2.55. The van der Waals surface area contributed by atoms with E-state index in [1.54, 1.807) is 4.90 Å². The maximum Gasteiger partial charge on any atom is 0.416 e. The summed E-state index contributed by atoms with van der Waals surface area (Å²) < 4.78 is 39.0. The van der Waals surface area contributed by atoms with Crippen LogP contribution in [0, 0.1) is 0 Å². The van der Waals surface area contributed by atoms with Crippen molar-refractivity contribution in [3.05, 3.63) is 41.5 Å². The molecule has 2 N–H and O–H groups in total. The van der Waals surface area contributed by atoms with E-state index in [4.69, 9.17) is 5.73 Å². The van der Waals surface area contributed by atoms with Gasteiger partial charge in [-0.1, -0.05) is 18.2 Å². The molecule has 0 unspecified atom stereocenters. The summed E-state index contributed by atoms with van der Waals surface area (Å²) in [6.07, 6.45) is -1.72. The predicted octanol–water partition coefficient (Wildman–Crippen LogP) is 3.06. The van der Waals surface area contributed by atoms with Crippen LogP contribution in [0.2, 0.25) is 0 Å². The van der Waals surface area contributed by atoms with Crippen LogP contribution in [-0.2, 0) is 11.0 Å². The maximum atomic E-state index is 13.0. The number of piperidine rings is 1. The summed E-state index contributed by atoms with van der Waals surface area (Å²) in [7, 11) is 0. The molecule has 3 nitrogen and oxygen atoms in total. The van der Waals surface area contributed by atoms with Crippen molar-refractivity contribution in [2.45, 2.75) is 32.0 Å². The molecule has 1 amide bonds. The fourth-order valence-corrected chi connectivity index (χ4v) is 2.55. The van der Waals surface area contributed by atoms with E-state index in [1.165, 1.54) is 31.2 Å². The molecule has 0 aromatic heterocycles. The number of carbonyl (C=O) groups excluding carboxylic acids is 1. The normalized spacial score (nSPS) is 17.7. The van der Waals surface area contributed by atoms with E-state index in [-0.39, 0.29) is 17.5 Å². The Balaban J connectivity index is 2.21. The van der Waals surface area contributed by atoms with Gasteiger partial charge in [-0.15, -0.1) is 0 Å². The molecule has 0 radical (unpaired) electrons. The molecule has 1 aromatic carbocycles. The second-order valence-electron chi connectivity index (χ2n) is 5.53. The number of allylic oxidation sites excluding steroid dienone is 1. The van der Waals surface area contributed by atoms with Gasteiger partial charge in [0.05, 0.1) is 5.56 Å². The quantitative estimate of drug-likeness (QED) is 0.853. The van der Waals surface area contributed by atoms with Gasteiger partial charge in [0.2, 0.25) is 5.91 Å². The van der Waals surface area contributed by atoms with Crippen molar-refractivity contribution in [1.29, 1.82) is 0 Å². The minimum Gasteiger partial charge on any atom is -0.339 e. The number of hydrogen-bond donors (Lipinski definition) is 1. The first-order valence-corrected chi connectivity index (χ1v) is 7.18. The van der Waals surface area contributed by atoms with E-state index < -0.39 is 11.7 Å². The maximum absolute atomic E-state index is 13.0. The zero-order valence-corrected chi connectivity index (χ0v) is 12.4.